The van der Waals surface area contributed by atoms with Gasteiger partial charge in [0, 0.05) is 18.5 Å². The Labute approximate surface area is 234 Å². The summed E-state index contributed by atoms with van der Waals surface area (Å²) in [5.74, 6) is -0.487. The van der Waals surface area contributed by atoms with E-state index in [4.69, 9.17) is 4.74 Å². The highest BCUT2D eigenvalue weighted by Gasteiger charge is 2.53. The standard InChI is InChI=1S/C30H39N3O5S/c1-18(2)15-21(31-28(35)26-12-11-25(39-26)20-9-7-6-8-10-20)29(36)32-14-13-22-27(32)23(34)17-33(22)30(37)24(38-5)16-19(3)4/h6-12,18-19,21-22,24,27H,13-17H2,1-5H3,(H,31,35). The molecule has 3 amide bonds. The third kappa shape index (κ3) is 6.41. The van der Waals surface area contributed by atoms with Crippen LogP contribution in [-0.2, 0) is 19.1 Å². The molecule has 1 aromatic heterocycles. The average molecular weight is 554 g/mol. The summed E-state index contributed by atoms with van der Waals surface area (Å²) in [6.45, 7) is 8.39. The average Bonchev–Trinajstić information content (AvgIpc) is 3.63. The molecule has 0 saturated carbocycles. The van der Waals surface area contributed by atoms with Crippen molar-refractivity contribution < 1.29 is 23.9 Å². The zero-order valence-corrected chi connectivity index (χ0v) is 24.2. The summed E-state index contributed by atoms with van der Waals surface area (Å²) in [5.41, 5.74) is 1.03. The van der Waals surface area contributed by atoms with Gasteiger partial charge < -0.3 is 19.9 Å². The van der Waals surface area contributed by atoms with Gasteiger partial charge in [0.05, 0.1) is 17.5 Å². The zero-order valence-electron chi connectivity index (χ0n) is 23.4. The molecule has 2 aliphatic heterocycles. The molecule has 0 bridgehead atoms. The maximum absolute atomic E-state index is 13.8. The summed E-state index contributed by atoms with van der Waals surface area (Å²) in [7, 11) is 1.51. The van der Waals surface area contributed by atoms with Gasteiger partial charge in [0.1, 0.15) is 18.2 Å². The molecule has 1 aromatic carbocycles. The third-order valence-corrected chi connectivity index (χ3v) is 8.57. The van der Waals surface area contributed by atoms with Crippen LogP contribution >= 0.6 is 11.3 Å². The zero-order chi connectivity index (χ0) is 28.3. The predicted molar refractivity (Wildman–Crippen MR) is 151 cm³/mol. The summed E-state index contributed by atoms with van der Waals surface area (Å²) in [4.78, 5) is 58.1. The molecule has 39 heavy (non-hydrogen) atoms. The lowest BCUT2D eigenvalue weighted by molar-refractivity contribution is -0.144. The van der Waals surface area contributed by atoms with Crippen molar-refractivity contribution >= 4 is 34.8 Å². The summed E-state index contributed by atoms with van der Waals surface area (Å²) in [5, 5.41) is 2.95. The number of ether oxygens (including phenoxy) is 1. The minimum Gasteiger partial charge on any atom is -0.372 e. The lowest BCUT2D eigenvalue weighted by Crippen LogP contribution is -2.53. The molecule has 2 aliphatic rings. The number of rotatable bonds is 10. The van der Waals surface area contributed by atoms with Crippen LogP contribution in [0, 0.1) is 11.8 Å². The molecular weight excluding hydrogens is 514 g/mol. The smallest absolute Gasteiger partial charge is 0.262 e. The Kier molecular flexibility index (Phi) is 9.23. The van der Waals surface area contributed by atoms with Crippen molar-refractivity contribution in [3.05, 3.63) is 47.3 Å². The summed E-state index contributed by atoms with van der Waals surface area (Å²) < 4.78 is 5.46. The predicted octanol–water partition coefficient (Wildman–Crippen LogP) is 4.00. The molecule has 4 unspecified atom stereocenters. The van der Waals surface area contributed by atoms with Gasteiger partial charge in [-0.05, 0) is 48.8 Å². The topological polar surface area (TPSA) is 96.0 Å². The van der Waals surface area contributed by atoms with Gasteiger partial charge >= 0.3 is 0 Å². The van der Waals surface area contributed by atoms with E-state index >= 15 is 0 Å². The Hall–Kier alpha value is -3.04. The Bertz CT molecular complexity index is 1190. The number of nitrogens with one attached hydrogen (secondary N) is 1. The molecule has 1 N–H and O–H groups in total. The first-order valence-corrected chi connectivity index (χ1v) is 14.5. The summed E-state index contributed by atoms with van der Waals surface area (Å²) in [6.07, 6.45) is 0.935. The van der Waals surface area contributed by atoms with E-state index in [0.717, 1.165) is 10.4 Å². The molecule has 2 fully saturated rings. The van der Waals surface area contributed by atoms with Gasteiger partial charge in [0.25, 0.3) is 11.8 Å². The van der Waals surface area contributed by atoms with E-state index in [1.54, 1.807) is 15.9 Å². The number of fused-ring (bicyclic) bond motifs is 1. The SMILES string of the molecule is COC(CC(C)C)C(=O)N1CC(=O)C2C1CCN2C(=O)C(CC(C)C)NC(=O)c1ccc(-c2ccccc2)s1. The second-order valence-electron chi connectivity index (χ2n) is 11.3. The highest BCUT2D eigenvalue weighted by atomic mass is 32.1. The first-order chi connectivity index (χ1) is 18.6. The molecule has 4 atom stereocenters. The Morgan fingerprint density at radius 3 is 2.31 bits per heavy atom. The van der Waals surface area contributed by atoms with Gasteiger partial charge in [0.2, 0.25) is 5.91 Å². The molecule has 210 valence electrons. The lowest BCUT2D eigenvalue weighted by atomic mass is 10.0. The van der Waals surface area contributed by atoms with E-state index < -0.39 is 18.2 Å². The van der Waals surface area contributed by atoms with Crippen molar-refractivity contribution in [3.63, 3.8) is 0 Å². The number of carbonyl (C=O) groups excluding carboxylic acids is 4. The summed E-state index contributed by atoms with van der Waals surface area (Å²) >= 11 is 1.38. The molecule has 2 aromatic rings. The normalized spacial score (nSPS) is 20.4. The number of methoxy groups -OCH3 is 1. The summed E-state index contributed by atoms with van der Waals surface area (Å²) in [6, 6.07) is 11.7. The van der Waals surface area contributed by atoms with Crippen molar-refractivity contribution in [2.45, 2.75) is 71.2 Å². The second-order valence-corrected chi connectivity index (χ2v) is 12.4. The maximum atomic E-state index is 13.8. The molecule has 0 spiro atoms. The molecule has 9 heteroatoms. The minimum absolute atomic E-state index is 0.0193. The number of amides is 3. The number of nitrogens with zero attached hydrogens (tertiary/aromatic N) is 2. The molecule has 0 aliphatic carbocycles. The third-order valence-electron chi connectivity index (χ3n) is 7.43. The number of benzene rings is 1. The fourth-order valence-corrected chi connectivity index (χ4v) is 6.52. The first-order valence-electron chi connectivity index (χ1n) is 13.7. The number of Topliss-reactive ketones (excluding diaryl/α,β-unsaturated/α-hetero) is 1. The van der Waals surface area contributed by atoms with E-state index in [2.05, 4.69) is 5.32 Å². The highest BCUT2D eigenvalue weighted by molar-refractivity contribution is 7.17. The van der Waals surface area contributed by atoms with Gasteiger partial charge in [-0.3, -0.25) is 19.2 Å². The van der Waals surface area contributed by atoms with E-state index in [9.17, 15) is 19.2 Å². The number of carbonyl (C=O) groups is 4. The van der Waals surface area contributed by atoms with Crippen molar-refractivity contribution in [1.29, 1.82) is 0 Å². The van der Waals surface area contributed by atoms with E-state index in [1.165, 1.54) is 18.4 Å². The Balaban J connectivity index is 1.48. The minimum atomic E-state index is -0.760. The maximum Gasteiger partial charge on any atom is 0.262 e. The van der Waals surface area contributed by atoms with Crippen LogP contribution in [0.4, 0.5) is 0 Å². The van der Waals surface area contributed by atoms with Gasteiger partial charge in [-0.1, -0.05) is 58.0 Å². The molecule has 0 radical (unpaired) electrons. The first kappa shape index (κ1) is 29.0. The van der Waals surface area contributed by atoms with Gasteiger partial charge in [-0.2, -0.15) is 0 Å². The Morgan fingerprint density at radius 1 is 0.974 bits per heavy atom. The van der Waals surface area contributed by atoms with Crippen LogP contribution in [0.1, 0.15) is 56.6 Å². The number of hydrogen-bond acceptors (Lipinski definition) is 6. The molecule has 4 rings (SSSR count). The molecule has 8 nitrogen and oxygen atoms in total. The van der Waals surface area contributed by atoms with Crippen LogP contribution in [0.15, 0.2) is 42.5 Å². The van der Waals surface area contributed by atoms with Gasteiger partial charge in [0.15, 0.2) is 5.78 Å². The molecule has 3 heterocycles. The second kappa shape index (κ2) is 12.4. The van der Waals surface area contributed by atoms with E-state index in [0.29, 0.717) is 30.7 Å². The van der Waals surface area contributed by atoms with Gasteiger partial charge in [-0.15, -0.1) is 11.3 Å². The van der Waals surface area contributed by atoms with Crippen molar-refractivity contribution in [3.8, 4) is 10.4 Å². The highest BCUT2D eigenvalue weighted by Crippen LogP contribution is 2.32. The van der Waals surface area contributed by atoms with Crippen molar-refractivity contribution in [2.75, 3.05) is 20.2 Å². The number of likely N-dealkylation sites (tertiary alicyclic amines) is 2. The van der Waals surface area contributed by atoms with Gasteiger partial charge in [-0.25, -0.2) is 0 Å². The monoisotopic (exact) mass is 553 g/mol. The largest absolute Gasteiger partial charge is 0.372 e. The lowest BCUT2D eigenvalue weighted by Gasteiger charge is -2.29. The van der Waals surface area contributed by atoms with Crippen LogP contribution in [0.3, 0.4) is 0 Å². The van der Waals surface area contributed by atoms with E-state index in [-0.39, 0.29) is 47.9 Å². The molecular formula is C30H39N3O5S. The van der Waals surface area contributed by atoms with Crippen LogP contribution in [0.2, 0.25) is 0 Å². The number of thiophene rings is 1. The van der Waals surface area contributed by atoms with Crippen LogP contribution in [0.5, 0.6) is 0 Å². The Morgan fingerprint density at radius 2 is 1.67 bits per heavy atom. The molecule has 2 saturated heterocycles. The van der Waals surface area contributed by atoms with Crippen molar-refractivity contribution in [2.24, 2.45) is 11.8 Å². The van der Waals surface area contributed by atoms with Crippen LogP contribution in [0.25, 0.3) is 10.4 Å². The van der Waals surface area contributed by atoms with Crippen LogP contribution < -0.4 is 5.32 Å². The van der Waals surface area contributed by atoms with Crippen LogP contribution in [-0.4, -0.2) is 77.7 Å². The number of ketones is 1. The van der Waals surface area contributed by atoms with Crippen molar-refractivity contribution in [1.82, 2.24) is 15.1 Å². The van der Waals surface area contributed by atoms with E-state index in [1.807, 2.05) is 64.1 Å². The quantitative estimate of drug-likeness (QED) is 0.480. The number of hydrogen-bond donors (Lipinski definition) is 1. The fourth-order valence-electron chi connectivity index (χ4n) is 5.61. The fraction of sp³-hybridized carbons (Fsp3) is 0.533.